The van der Waals surface area contributed by atoms with Gasteiger partial charge in [0.1, 0.15) is 6.07 Å². The van der Waals surface area contributed by atoms with Crippen LogP contribution in [0.15, 0.2) is 30.5 Å². The maximum Gasteiger partial charge on any atom is 0.357 e. The molecule has 2 heterocycles. The fourth-order valence-electron chi connectivity index (χ4n) is 2.83. The number of nitrogens with two attached hydrogens (primary N) is 1. The van der Waals surface area contributed by atoms with Crippen molar-refractivity contribution in [1.29, 1.82) is 5.26 Å². The number of aromatic nitrogens is 1. The fourth-order valence-corrected chi connectivity index (χ4v) is 4.39. The van der Waals surface area contributed by atoms with Crippen LogP contribution in [0.2, 0.25) is 0 Å². The zero-order valence-corrected chi connectivity index (χ0v) is 14.3. The van der Waals surface area contributed by atoms with E-state index in [1.165, 1.54) is 22.2 Å². The van der Waals surface area contributed by atoms with Crippen LogP contribution < -0.4 is 10.0 Å². The number of esters is 1. The first-order valence-electron chi connectivity index (χ1n) is 7.49. The van der Waals surface area contributed by atoms with Crippen LogP contribution in [0.1, 0.15) is 22.5 Å². The van der Waals surface area contributed by atoms with Crippen LogP contribution in [0, 0.1) is 11.3 Å². The monoisotopic (exact) mass is 360 g/mol. The number of anilines is 2. The number of hydrogen-bond acceptors (Lipinski definition) is 6. The standard InChI is InChI=1S/C16H16N4O4S/c1-24-16(21)15-14(18)11(9-17)10-19(15)12-3-5-13(6-4-12)20-7-2-8-25(20,22)23/h3-6,10H,2,7-8,18H2,1H3. The van der Waals surface area contributed by atoms with Gasteiger partial charge in [-0.05, 0) is 30.7 Å². The van der Waals surface area contributed by atoms with E-state index >= 15 is 0 Å². The summed E-state index contributed by atoms with van der Waals surface area (Å²) in [5.74, 6) is -0.522. The molecule has 1 aliphatic rings. The van der Waals surface area contributed by atoms with Crippen molar-refractivity contribution in [3.63, 3.8) is 0 Å². The minimum Gasteiger partial charge on any atom is -0.464 e. The summed E-state index contributed by atoms with van der Waals surface area (Å²) in [4.78, 5) is 12.0. The van der Waals surface area contributed by atoms with E-state index in [9.17, 15) is 13.2 Å². The van der Waals surface area contributed by atoms with Gasteiger partial charge in [0.05, 0.1) is 29.8 Å². The number of methoxy groups -OCH3 is 1. The van der Waals surface area contributed by atoms with Crippen LogP contribution in [0.25, 0.3) is 5.69 Å². The molecule has 130 valence electrons. The third kappa shape index (κ3) is 2.81. The third-order valence-corrected chi connectivity index (χ3v) is 5.93. The van der Waals surface area contributed by atoms with Gasteiger partial charge in [-0.1, -0.05) is 0 Å². The van der Waals surface area contributed by atoms with Crippen molar-refractivity contribution >= 4 is 27.4 Å². The summed E-state index contributed by atoms with van der Waals surface area (Å²) in [5.41, 5.74) is 7.24. The Balaban J connectivity index is 2.04. The second kappa shape index (κ2) is 6.14. The predicted octanol–water partition coefficient (Wildman–Crippen LogP) is 1.26. The molecule has 0 amide bonds. The summed E-state index contributed by atoms with van der Waals surface area (Å²) in [7, 11) is -2.03. The second-order valence-corrected chi connectivity index (χ2v) is 7.55. The van der Waals surface area contributed by atoms with E-state index in [1.54, 1.807) is 24.3 Å². The lowest BCUT2D eigenvalue weighted by atomic mass is 10.2. The van der Waals surface area contributed by atoms with E-state index < -0.39 is 16.0 Å². The molecule has 0 aliphatic carbocycles. The number of nitriles is 1. The lowest BCUT2D eigenvalue weighted by Crippen LogP contribution is -2.24. The summed E-state index contributed by atoms with van der Waals surface area (Å²) in [6.45, 7) is 0.449. The van der Waals surface area contributed by atoms with Crippen molar-refractivity contribution < 1.29 is 17.9 Å². The summed E-state index contributed by atoms with van der Waals surface area (Å²) in [5, 5.41) is 9.13. The molecule has 0 radical (unpaired) electrons. The maximum absolute atomic E-state index is 12.0. The van der Waals surface area contributed by atoms with Gasteiger partial charge in [-0.3, -0.25) is 4.31 Å². The largest absolute Gasteiger partial charge is 0.464 e. The van der Waals surface area contributed by atoms with Crippen LogP contribution in [0.5, 0.6) is 0 Å². The molecule has 0 spiro atoms. The van der Waals surface area contributed by atoms with E-state index in [1.807, 2.05) is 6.07 Å². The highest BCUT2D eigenvalue weighted by atomic mass is 32.2. The Morgan fingerprint density at radius 1 is 1.28 bits per heavy atom. The highest BCUT2D eigenvalue weighted by molar-refractivity contribution is 7.93. The number of benzene rings is 1. The first-order valence-corrected chi connectivity index (χ1v) is 9.10. The number of nitrogen functional groups attached to an aromatic ring is 1. The van der Waals surface area contributed by atoms with Gasteiger partial charge in [0.25, 0.3) is 0 Å². The van der Waals surface area contributed by atoms with Crippen LogP contribution in [0.4, 0.5) is 11.4 Å². The molecule has 3 rings (SSSR count). The number of rotatable bonds is 3. The molecular weight excluding hydrogens is 344 g/mol. The van der Waals surface area contributed by atoms with Gasteiger partial charge >= 0.3 is 5.97 Å². The van der Waals surface area contributed by atoms with E-state index in [4.69, 9.17) is 15.7 Å². The third-order valence-electron chi connectivity index (χ3n) is 4.06. The molecule has 0 bridgehead atoms. The summed E-state index contributed by atoms with van der Waals surface area (Å²) >= 11 is 0. The SMILES string of the molecule is COC(=O)c1c(N)c(C#N)cn1-c1ccc(N2CCCS2(=O)=O)cc1. The van der Waals surface area contributed by atoms with Crippen molar-refractivity contribution in [2.75, 3.05) is 29.4 Å². The normalized spacial score (nSPS) is 15.8. The summed E-state index contributed by atoms with van der Waals surface area (Å²) in [6.07, 6.45) is 2.04. The van der Waals surface area contributed by atoms with Crippen LogP contribution in [0.3, 0.4) is 0 Å². The molecule has 9 heteroatoms. The van der Waals surface area contributed by atoms with Crippen molar-refractivity contribution in [1.82, 2.24) is 4.57 Å². The molecule has 1 fully saturated rings. The van der Waals surface area contributed by atoms with Gasteiger partial charge in [-0.25, -0.2) is 13.2 Å². The first kappa shape index (κ1) is 16.9. The number of hydrogen-bond donors (Lipinski definition) is 1. The fraction of sp³-hybridized carbons (Fsp3) is 0.250. The van der Waals surface area contributed by atoms with Crippen molar-refractivity contribution in [2.24, 2.45) is 0 Å². The molecule has 0 unspecified atom stereocenters. The van der Waals surface area contributed by atoms with Crippen molar-refractivity contribution in [2.45, 2.75) is 6.42 Å². The van der Waals surface area contributed by atoms with E-state index in [2.05, 4.69) is 0 Å². The minimum absolute atomic E-state index is 0.0422. The molecule has 2 N–H and O–H groups in total. The Labute approximate surface area is 145 Å². The number of carbonyl (C=O) groups is 1. The first-order chi connectivity index (χ1) is 11.9. The lowest BCUT2D eigenvalue weighted by Gasteiger charge is -2.17. The molecule has 1 saturated heterocycles. The Bertz CT molecular complexity index is 971. The van der Waals surface area contributed by atoms with E-state index in [0.717, 1.165) is 0 Å². The Morgan fingerprint density at radius 3 is 2.44 bits per heavy atom. The average molecular weight is 360 g/mol. The molecule has 1 aliphatic heterocycles. The number of nitrogens with zero attached hydrogens (tertiary/aromatic N) is 3. The second-order valence-electron chi connectivity index (χ2n) is 5.54. The Hall–Kier alpha value is -2.99. The number of sulfonamides is 1. The minimum atomic E-state index is -3.26. The number of ether oxygens (including phenoxy) is 1. The van der Waals surface area contributed by atoms with Crippen LogP contribution >= 0.6 is 0 Å². The van der Waals surface area contributed by atoms with Gasteiger partial charge in [-0.2, -0.15) is 5.26 Å². The maximum atomic E-state index is 12.0. The highest BCUT2D eigenvalue weighted by Crippen LogP contribution is 2.28. The molecule has 0 atom stereocenters. The Morgan fingerprint density at radius 2 is 1.92 bits per heavy atom. The van der Waals surface area contributed by atoms with Crippen LogP contribution in [-0.2, 0) is 14.8 Å². The van der Waals surface area contributed by atoms with E-state index in [-0.39, 0.29) is 22.7 Å². The molecule has 1 aromatic heterocycles. The summed E-state index contributed by atoms with van der Waals surface area (Å²) < 4.78 is 31.5. The average Bonchev–Trinajstić information content (AvgIpc) is 3.13. The van der Waals surface area contributed by atoms with Gasteiger partial charge in [0.15, 0.2) is 5.69 Å². The Kier molecular flexibility index (Phi) is 4.14. The lowest BCUT2D eigenvalue weighted by molar-refractivity contribution is 0.0593. The van der Waals surface area contributed by atoms with Crippen LogP contribution in [-0.4, -0.2) is 38.4 Å². The molecular formula is C16H16N4O4S. The molecule has 1 aromatic carbocycles. The molecule has 25 heavy (non-hydrogen) atoms. The number of carbonyl (C=O) groups excluding carboxylic acids is 1. The van der Waals surface area contributed by atoms with Crippen molar-refractivity contribution in [3.05, 3.63) is 41.7 Å². The molecule has 8 nitrogen and oxygen atoms in total. The van der Waals surface area contributed by atoms with E-state index in [0.29, 0.717) is 24.3 Å². The summed E-state index contributed by atoms with van der Waals surface area (Å²) in [6, 6.07) is 8.56. The molecule has 2 aromatic rings. The smallest absolute Gasteiger partial charge is 0.357 e. The van der Waals surface area contributed by atoms with Gasteiger partial charge in [-0.15, -0.1) is 0 Å². The zero-order chi connectivity index (χ0) is 18.2. The molecule has 0 saturated carbocycles. The van der Waals surface area contributed by atoms with Crippen molar-refractivity contribution in [3.8, 4) is 11.8 Å². The zero-order valence-electron chi connectivity index (χ0n) is 13.5. The van der Waals surface area contributed by atoms with Gasteiger partial charge in [0, 0.05) is 18.4 Å². The van der Waals surface area contributed by atoms with Gasteiger partial charge in [0.2, 0.25) is 10.0 Å². The quantitative estimate of drug-likeness (QED) is 0.823. The highest BCUT2D eigenvalue weighted by Gasteiger charge is 2.28. The topological polar surface area (TPSA) is 118 Å². The van der Waals surface area contributed by atoms with Gasteiger partial charge < -0.3 is 15.0 Å². The predicted molar refractivity (Wildman–Crippen MR) is 92.0 cm³/mol.